The van der Waals surface area contributed by atoms with Crippen molar-refractivity contribution in [3.63, 3.8) is 0 Å². The van der Waals surface area contributed by atoms with Crippen molar-refractivity contribution in [3.05, 3.63) is 88.2 Å². The van der Waals surface area contributed by atoms with Crippen LogP contribution in [0.1, 0.15) is 15.4 Å². The number of rotatable bonds is 5. The lowest BCUT2D eigenvalue weighted by atomic mass is 9.97. The second-order valence-corrected chi connectivity index (χ2v) is 11.1. The van der Waals surface area contributed by atoms with E-state index in [1.807, 2.05) is 61.5 Å². The Kier molecular flexibility index (Phi) is 5.71. The first kappa shape index (κ1) is 23.4. The Morgan fingerprint density at radius 3 is 2.21 bits per heavy atom. The number of benzene rings is 2. The van der Waals surface area contributed by atoms with E-state index in [2.05, 4.69) is 60.7 Å². The molecule has 0 atom stereocenters. The maximum atomic E-state index is 4.78. The summed E-state index contributed by atoms with van der Waals surface area (Å²) >= 11 is 3.03. The van der Waals surface area contributed by atoms with Crippen molar-refractivity contribution in [1.29, 1.82) is 0 Å². The van der Waals surface area contributed by atoms with Crippen LogP contribution in [0, 0.1) is 13.8 Å². The lowest BCUT2D eigenvalue weighted by molar-refractivity contribution is 0.855. The minimum atomic E-state index is 0.497. The van der Waals surface area contributed by atoms with Crippen molar-refractivity contribution in [2.75, 3.05) is 0 Å². The molecule has 0 unspecified atom stereocenters. The number of aliphatic imine (C=N–C) groups is 1. The van der Waals surface area contributed by atoms with Gasteiger partial charge in [0, 0.05) is 27.1 Å². The molecule has 0 aliphatic rings. The molecule has 9 nitrogen and oxygen atoms in total. The number of nitrogens with zero attached hydrogens (tertiary/aromatic N) is 9. The molecule has 7 aromatic rings. The molecule has 5 aromatic heterocycles. The highest BCUT2D eigenvalue weighted by molar-refractivity contribution is 7.18. The largest absolute Gasteiger partial charge is 0.232 e. The van der Waals surface area contributed by atoms with Gasteiger partial charge in [0.25, 0.3) is 0 Å². The highest BCUT2D eigenvalue weighted by Crippen LogP contribution is 2.38. The Labute approximate surface area is 230 Å². The van der Waals surface area contributed by atoms with Gasteiger partial charge in [-0.25, -0.2) is 9.51 Å². The molecule has 0 radical (unpaired) electrons. The summed E-state index contributed by atoms with van der Waals surface area (Å²) in [6.07, 6.45) is 1.80. The van der Waals surface area contributed by atoms with Crippen molar-refractivity contribution < 1.29 is 0 Å². The lowest BCUT2D eigenvalue weighted by Gasteiger charge is -2.09. The molecule has 188 valence electrons. The standard InChI is InChI=1S/C28H19N9S2/c1-16-13-14-20(38-16)15-29-28-35-34-27(39-28)23-17(2)37-26(33-30-23)22-21(18-9-5-3-6-10-18)24(31-32-25(22)36-37)19-11-7-4-8-12-19/h3-15H,1-2H3/b29-15+. The summed E-state index contributed by atoms with van der Waals surface area (Å²) in [5.41, 5.74) is 6.12. The molecule has 2 aromatic carbocycles. The molecular formula is C28H19N9S2. The van der Waals surface area contributed by atoms with Crippen molar-refractivity contribution in [2.45, 2.75) is 13.8 Å². The molecule has 7 rings (SSSR count). The third-order valence-electron chi connectivity index (χ3n) is 6.27. The summed E-state index contributed by atoms with van der Waals surface area (Å²) in [6, 6.07) is 24.2. The van der Waals surface area contributed by atoms with Crippen LogP contribution in [0.15, 0.2) is 77.8 Å². The van der Waals surface area contributed by atoms with E-state index < -0.39 is 0 Å². The van der Waals surface area contributed by atoms with E-state index >= 15 is 0 Å². The van der Waals surface area contributed by atoms with E-state index in [-0.39, 0.29) is 0 Å². The SMILES string of the molecule is Cc1ccc(/C=N/c2nnc(-c3nnc4c5c(-c6ccccc6)c(-c6ccccc6)nnc5nn4c3C)s2)s1. The van der Waals surface area contributed by atoms with E-state index in [1.165, 1.54) is 16.2 Å². The predicted octanol–water partition coefficient (Wildman–Crippen LogP) is 6.35. The van der Waals surface area contributed by atoms with Crippen LogP contribution in [0.2, 0.25) is 0 Å². The van der Waals surface area contributed by atoms with Gasteiger partial charge >= 0.3 is 0 Å². The van der Waals surface area contributed by atoms with Crippen LogP contribution in [0.25, 0.3) is 49.8 Å². The van der Waals surface area contributed by atoms with Crippen LogP contribution in [-0.4, -0.2) is 46.4 Å². The molecule has 11 heteroatoms. The van der Waals surface area contributed by atoms with Gasteiger partial charge in [-0.15, -0.1) is 47.0 Å². The highest BCUT2D eigenvalue weighted by atomic mass is 32.1. The van der Waals surface area contributed by atoms with Crippen molar-refractivity contribution in [2.24, 2.45) is 4.99 Å². The van der Waals surface area contributed by atoms with Gasteiger partial charge in [0.2, 0.25) is 10.8 Å². The van der Waals surface area contributed by atoms with Crippen LogP contribution in [0.5, 0.6) is 0 Å². The summed E-state index contributed by atoms with van der Waals surface area (Å²) in [5.74, 6) is 0. The summed E-state index contributed by atoms with van der Waals surface area (Å²) in [4.78, 5) is 6.79. The number of fused-ring (bicyclic) bond motifs is 3. The number of thiophene rings is 1. The Morgan fingerprint density at radius 2 is 1.46 bits per heavy atom. The molecule has 0 saturated carbocycles. The molecule has 5 heterocycles. The van der Waals surface area contributed by atoms with Crippen molar-refractivity contribution >= 4 is 50.7 Å². The van der Waals surface area contributed by atoms with Gasteiger partial charge in [0.15, 0.2) is 10.7 Å². The zero-order valence-electron chi connectivity index (χ0n) is 20.8. The van der Waals surface area contributed by atoms with Gasteiger partial charge in [0.05, 0.1) is 11.1 Å². The van der Waals surface area contributed by atoms with Crippen LogP contribution in [0.4, 0.5) is 5.13 Å². The molecule has 0 saturated heterocycles. The minimum absolute atomic E-state index is 0.497. The number of hydrogen-bond donors (Lipinski definition) is 0. The van der Waals surface area contributed by atoms with Crippen LogP contribution >= 0.6 is 22.7 Å². The summed E-state index contributed by atoms with van der Waals surface area (Å²) < 4.78 is 1.77. The molecule has 39 heavy (non-hydrogen) atoms. The first-order valence-electron chi connectivity index (χ1n) is 12.1. The first-order chi connectivity index (χ1) is 19.2. The van der Waals surface area contributed by atoms with E-state index in [0.717, 1.165) is 38.3 Å². The smallest absolute Gasteiger partial charge is 0.225 e. The fraction of sp³-hybridized carbons (Fsp3) is 0.0714. The van der Waals surface area contributed by atoms with Crippen LogP contribution in [-0.2, 0) is 0 Å². The third kappa shape index (κ3) is 4.17. The molecule has 0 amide bonds. The average molecular weight is 546 g/mol. The zero-order valence-corrected chi connectivity index (χ0v) is 22.5. The third-order valence-corrected chi connectivity index (χ3v) is 8.04. The molecule has 0 fully saturated rings. The summed E-state index contributed by atoms with van der Waals surface area (Å²) in [5, 5.41) is 33.6. The van der Waals surface area contributed by atoms with E-state index in [1.54, 1.807) is 22.1 Å². The van der Waals surface area contributed by atoms with E-state index in [0.29, 0.717) is 27.1 Å². The minimum Gasteiger partial charge on any atom is -0.225 e. The fourth-order valence-electron chi connectivity index (χ4n) is 4.44. The van der Waals surface area contributed by atoms with Gasteiger partial charge in [-0.3, -0.25) is 0 Å². The fourth-order valence-corrected chi connectivity index (χ4v) is 5.92. The lowest BCUT2D eigenvalue weighted by Crippen LogP contribution is -2.02. The second-order valence-electron chi connectivity index (χ2n) is 8.82. The van der Waals surface area contributed by atoms with Gasteiger partial charge in [-0.1, -0.05) is 72.0 Å². The molecule has 0 aliphatic heterocycles. The Balaban J connectivity index is 1.37. The van der Waals surface area contributed by atoms with E-state index in [9.17, 15) is 0 Å². The van der Waals surface area contributed by atoms with Gasteiger partial charge in [-0.2, -0.15) is 0 Å². The van der Waals surface area contributed by atoms with Crippen molar-refractivity contribution in [3.8, 4) is 33.1 Å². The molecule has 0 N–H and O–H groups in total. The number of aryl methyl sites for hydroxylation is 2. The highest BCUT2D eigenvalue weighted by Gasteiger charge is 2.23. The quantitative estimate of drug-likeness (QED) is 0.232. The predicted molar refractivity (Wildman–Crippen MR) is 155 cm³/mol. The van der Waals surface area contributed by atoms with Crippen molar-refractivity contribution in [1.82, 2.24) is 40.2 Å². The topological polar surface area (TPSA) is 107 Å². The monoisotopic (exact) mass is 545 g/mol. The molecule has 0 aliphatic carbocycles. The average Bonchev–Trinajstić information content (AvgIpc) is 3.71. The normalized spacial score (nSPS) is 11.7. The summed E-state index contributed by atoms with van der Waals surface area (Å²) in [6.45, 7) is 4.01. The molecule has 0 bridgehead atoms. The maximum absolute atomic E-state index is 4.78. The Hall–Kier alpha value is -4.74. The summed E-state index contributed by atoms with van der Waals surface area (Å²) in [7, 11) is 0. The van der Waals surface area contributed by atoms with Gasteiger partial charge < -0.3 is 0 Å². The van der Waals surface area contributed by atoms with E-state index in [4.69, 9.17) is 5.10 Å². The van der Waals surface area contributed by atoms with Gasteiger partial charge in [-0.05, 0) is 31.5 Å². The molecule has 0 spiro atoms. The zero-order chi connectivity index (χ0) is 26.3. The maximum Gasteiger partial charge on any atom is 0.232 e. The first-order valence-corrected chi connectivity index (χ1v) is 13.8. The Bertz CT molecular complexity index is 1990. The second kappa shape index (κ2) is 9.53. The van der Waals surface area contributed by atoms with Gasteiger partial charge in [0.1, 0.15) is 11.4 Å². The number of aromatic nitrogens is 8. The van der Waals surface area contributed by atoms with Crippen LogP contribution in [0.3, 0.4) is 0 Å². The Morgan fingerprint density at radius 1 is 0.718 bits per heavy atom. The van der Waals surface area contributed by atoms with Crippen LogP contribution < -0.4 is 0 Å². The number of hydrogen-bond acceptors (Lipinski definition) is 10. The molecular weight excluding hydrogens is 527 g/mol.